The van der Waals surface area contributed by atoms with Crippen molar-refractivity contribution in [3.05, 3.63) is 29.6 Å². The number of halogens is 3. The lowest BCUT2D eigenvalue weighted by atomic mass is 10.0. The van der Waals surface area contributed by atoms with Crippen molar-refractivity contribution < 1.29 is 13.2 Å². The number of rotatable bonds is 4. The molecule has 0 aliphatic rings. The van der Waals surface area contributed by atoms with Gasteiger partial charge in [0.2, 0.25) is 0 Å². The van der Waals surface area contributed by atoms with Gasteiger partial charge in [0.15, 0.2) is 0 Å². The van der Waals surface area contributed by atoms with Crippen molar-refractivity contribution >= 4 is 11.8 Å². The number of nitrogens with zero attached hydrogens (tertiary/aromatic N) is 1. The molecule has 0 fully saturated rings. The highest BCUT2D eigenvalue weighted by Gasteiger charge is 2.34. The molecule has 1 N–H and O–H groups in total. The Morgan fingerprint density at radius 2 is 2.19 bits per heavy atom. The van der Waals surface area contributed by atoms with Crippen LogP contribution in [0.3, 0.4) is 0 Å². The SMILES string of the molecule is CNC(CSC)c1cnccc1C(F)(F)F. The largest absolute Gasteiger partial charge is 0.416 e. The number of thioether (sulfide) groups is 1. The predicted molar refractivity (Wildman–Crippen MR) is 59.4 cm³/mol. The van der Waals surface area contributed by atoms with E-state index >= 15 is 0 Å². The van der Waals surface area contributed by atoms with Gasteiger partial charge in [-0.2, -0.15) is 24.9 Å². The second-order valence-electron chi connectivity index (χ2n) is 3.26. The molecule has 0 bridgehead atoms. The summed E-state index contributed by atoms with van der Waals surface area (Å²) in [5.74, 6) is 0.575. The van der Waals surface area contributed by atoms with Gasteiger partial charge in [0.25, 0.3) is 0 Å². The fourth-order valence-corrected chi connectivity index (χ4v) is 2.12. The number of alkyl halides is 3. The summed E-state index contributed by atoms with van der Waals surface area (Å²) in [7, 11) is 1.65. The van der Waals surface area contributed by atoms with Crippen molar-refractivity contribution in [1.82, 2.24) is 10.3 Å². The molecule has 0 radical (unpaired) electrons. The van der Waals surface area contributed by atoms with Crippen molar-refractivity contribution in [1.29, 1.82) is 0 Å². The molecule has 90 valence electrons. The topological polar surface area (TPSA) is 24.9 Å². The highest BCUT2D eigenvalue weighted by molar-refractivity contribution is 7.98. The highest BCUT2D eigenvalue weighted by Crippen LogP contribution is 2.34. The standard InChI is InChI=1S/C10H13F3N2S/c1-14-9(6-16-2)7-5-15-4-3-8(7)10(11,12)13/h3-5,9,14H,6H2,1-2H3. The second kappa shape index (κ2) is 5.54. The Morgan fingerprint density at radius 3 is 2.69 bits per heavy atom. The Morgan fingerprint density at radius 1 is 1.50 bits per heavy atom. The molecule has 0 aliphatic carbocycles. The zero-order valence-corrected chi connectivity index (χ0v) is 9.82. The third kappa shape index (κ3) is 3.12. The van der Waals surface area contributed by atoms with E-state index in [1.807, 2.05) is 6.26 Å². The fraction of sp³-hybridized carbons (Fsp3) is 0.500. The smallest absolute Gasteiger partial charge is 0.312 e. The van der Waals surface area contributed by atoms with Crippen molar-refractivity contribution in [3.8, 4) is 0 Å². The van der Waals surface area contributed by atoms with E-state index in [-0.39, 0.29) is 11.6 Å². The summed E-state index contributed by atoms with van der Waals surface area (Å²) >= 11 is 1.49. The maximum Gasteiger partial charge on any atom is 0.416 e. The normalized spacial score (nSPS) is 13.8. The van der Waals surface area contributed by atoms with E-state index < -0.39 is 11.7 Å². The lowest BCUT2D eigenvalue weighted by molar-refractivity contribution is -0.138. The van der Waals surface area contributed by atoms with Crippen molar-refractivity contribution in [2.24, 2.45) is 0 Å². The molecule has 0 amide bonds. The van der Waals surface area contributed by atoms with E-state index in [1.165, 1.54) is 18.0 Å². The number of hydrogen-bond donors (Lipinski definition) is 1. The van der Waals surface area contributed by atoms with Crippen LogP contribution in [-0.2, 0) is 6.18 Å². The first-order valence-corrected chi connectivity index (χ1v) is 6.07. The van der Waals surface area contributed by atoms with Crippen LogP contribution in [0.25, 0.3) is 0 Å². The first kappa shape index (κ1) is 13.3. The molecule has 0 saturated heterocycles. The number of aromatic nitrogens is 1. The summed E-state index contributed by atoms with van der Waals surface area (Å²) in [5, 5.41) is 2.87. The molecule has 0 saturated carbocycles. The van der Waals surface area contributed by atoms with E-state index in [9.17, 15) is 13.2 Å². The zero-order valence-electron chi connectivity index (χ0n) is 9.01. The van der Waals surface area contributed by atoms with E-state index in [0.29, 0.717) is 5.75 Å². The summed E-state index contributed by atoms with van der Waals surface area (Å²) in [6.07, 6.45) is -0.0297. The first-order chi connectivity index (χ1) is 7.50. The molecule has 0 spiro atoms. The van der Waals surface area contributed by atoms with E-state index in [2.05, 4.69) is 10.3 Å². The van der Waals surface area contributed by atoms with Gasteiger partial charge >= 0.3 is 6.18 Å². The Labute approximate surface area is 96.6 Å². The van der Waals surface area contributed by atoms with Crippen LogP contribution in [0.4, 0.5) is 13.2 Å². The van der Waals surface area contributed by atoms with E-state index in [4.69, 9.17) is 0 Å². The molecule has 1 aromatic rings. The van der Waals surface area contributed by atoms with Crippen molar-refractivity contribution in [3.63, 3.8) is 0 Å². The molecule has 1 aromatic heterocycles. The van der Waals surface area contributed by atoms with Crippen LogP contribution in [-0.4, -0.2) is 24.0 Å². The lowest BCUT2D eigenvalue weighted by Crippen LogP contribution is -2.23. The molecule has 2 nitrogen and oxygen atoms in total. The number of nitrogens with one attached hydrogen (secondary N) is 1. The van der Waals surface area contributed by atoms with Gasteiger partial charge < -0.3 is 5.32 Å². The summed E-state index contributed by atoms with van der Waals surface area (Å²) < 4.78 is 38.2. The summed E-state index contributed by atoms with van der Waals surface area (Å²) in [6.45, 7) is 0. The third-order valence-corrected chi connectivity index (χ3v) is 2.88. The van der Waals surface area contributed by atoms with Crippen LogP contribution < -0.4 is 5.32 Å². The third-order valence-electron chi connectivity index (χ3n) is 2.21. The summed E-state index contributed by atoms with van der Waals surface area (Å²) in [6, 6.07) is 0.681. The predicted octanol–water partition coefficient (Wildman–Crippen LogP) is 2.72. The Balaban J connectivity index is 3.11. The van der Waals surface area contributed by atoms with Crippen LogP contribution in [0.2, 0.25) is 0 Å². The maximum atomic E-state index is 12.7. The second-order valence-corrected chi connectivity index (χ2v) is 4.17. The lowest BCUT2D eigenvalue weighted by Gasteiger charge is -2.19. The molecule has 16 heavy (non-hydrogen) atoms. The fourth-order valence-electron chi connectivity index (χ4n) is 1.44. The molecule has 1 heterocycles. The van der Waals surface area contributed by atoms with Gasteiger partial charge in [0.05, 0.1) is 5.56 Å². The van der Waals surface area contributed by atoms with Gasteiger partial charge in [0.1, 0.15) is 0 Å². The van der Waals surface area contributed by atoms with Gasteiger partial charge in [-0.1, -0.05) is 0 Å². The van der Waals surface area contributed by atoms with Crippen molar-refractivity contribution in [2.45, 2.75) is 12.2 Å². The van der Waals surface area contributed by atoms with E-state index in [0.717, 1.165) is 12.3 Å². The minimum atomic E-state index is -4.33. The monoisotopic (exact) mass is 250 g/mol. The zero-order chi connectivity index (χ0) is 12.2. The van der Waals surface area contributed by atoms with Gasteiger partial charge in [-0.3, -0.25) is 4.98 Å². The number of hydrogen-bond acceptors (Lipinski definition) is 3. The average Bonchev–Trinajstić information content (AvgIpc) is 2.25. The van der Waals surface area contributed by atoms with Gasteiger partial charge in [-0.25, -0.2) is 0 Å². The minimum Gasteiger partial charge on any atom is -0.312 e. The Bertz CT molecular complexity index is 341. The molecule has 0 aromatic carbocycles. The van der Waals surface area contributed by atoms with Gasteiger partial charge in [-0.05, 0) is 19.4 Å². The first-order valence-electron chi connectivity index (χ1n) is 4.68. The quantitative estimate of drug-likeness (QED) is 0.889. The maximum absolute atomic E-state index is 12.7. The average molecular weight is 250 g/mol. The molecule has 1 atom stereocenters. The van der Waals surface area contributed by atoms with Crippen LogP contribution in [0.15, 0.2) is 18.5 Å². The van der Waals surface area contributed by atoms with E-state index in [1.54, 1.807) is 7.05 Å². The minimum absolute atomic E-state index is 0.201. The van der Waals surface area contributed by atoms with Crippen molar-refractivity contribution in [2.75, 3.05) is 19.1 Å². The van der Waals surface area contributed by atoms with Gasteiger partial charge in [0, 0.05) is 29.8 Å². The molecule has 0 aliphatic heterocycles. The van der Waals surface area contributed by atoms with Crippen LogP contribution in [0.5, 0.6) is 0 Å². The molecule has 1 unspecified atom stereocenters. The highest BCUT2D eigenvalue weighted by atomic mass is 32.2. The molecular weight excluding hydrogens is 237 g/mol. The molecule has 6 heteroatoms. The summed E-state index contributed by atoms with van der Waals surface area (Å²) in [5.41, 5.74) is -0.414. The Hall–Kier alpha value is -0.750. The number of pyridine rings is 1. The van der Waals surface area contributed by atoms with Crippen LogP contribution in [0.1, 0.15) is 17.2 Å². The Kier molecular flexibility index (Phi) is 4.61. The van der Waals surface area contributed by atoms with Crippen LogP contribution in [0, 0.1) is 0 Å². The molecular formula is C10H13F3N2S. The summed E-state index contributed by atoms with van der Waals surface area (Å²) in [4.78, 5) is 3.76. The van der Waals surface area contributed by atoms with Gasteiger partial charge in [-0.15, -0.1) is 0 Å². The van der Waals surface area contributed by atoms with Crippen LogP contribution >= 0.6 is 11.8 Å². The molecule has 1 rings (SSSR count).